The summed E-state index contributed by atoms with van der Waals surface area (Å²) in [5, 5.41) is 3.82. The zero-order valence-electron chi connectivity index (χ0n) is 10.7. The van der Waals surface area contributed by atoms with Crippen LogP contribution in [0.1, 0.15) is 37.4 Å². The largest absolute Gasteiger partial charge is 0.338 e. The zero-order chi connectivity index (χ0) is 12.3. The normalized spacial score (nSPS) is 25.4. The van der Waals surface area contributed by atoms with E-state index in [1.807, 2.05) is 6.92 Å². The maximum absolute atomic E-state index is 5.85. The highest BCUT2D eigenvalue weighted by Gasteiger charge is 2.27. The molecule has 0 spiro atoms. The van der Waals surface area contributed by atoms with Gasteiger partial charge in [0.05, 0.1) is 6.54 Å². The molecule has 0 bridgehead atoms. The van der Waals surface area contributed by atoms with E-state index in [-0.39, 0.29) is 0 Å². The van der Waals surface area contributed by atoms with Crippen LogP contribution >= 0.6 is 0 Å². The van der Waals surface area contributed by atoms with Crippen molar-refractivity contribution in [2.45, 2.75) is 45.2 Å². The Kier molecular flexibility index (Phi) is 4.12. The molecule has 0 saturated heterocycles. The molecular weight excluding hydrogens is 216 g/mol. The molecule has 2 rings (SSSR count). The van der Waals surface area contributed by atoms with Crippen molar-refractivity contribution >= 4 is 0 Å². The van der Waals surface area contributed by atoms with Crippen LogP contribution in [-0.2, 0) is 6.54 Å². The first-order chi connectivity index (χ1) is 8.20. The average molecular weight is 238 g/mol. The topological polar surface area (TPSA) is 68.2 Å². The maximum Gasteiger partial charge on any atom is 0.240 e. The van der Waals surface area contributed by atoms with Gasteiger partial charge in [-0.2, -0.15) is 4.98 Å². The highest BCUT2D eigenvalue weighted by molar-refractivity contribution is 4.87. The number of rotatable bonds is 4. The maximum atomic E-state index is 5.85. The summed E-state index contributed by atoms with van der Waals surface area (Å²) in [5.41, 5.74) is 5.85. The Balaban J connectivity index is 1.95. The van der Waals surface area contributed by atoms with Crippen LogP contribution < -0.4 is 5.73 Å². The molecule has 1 aliphatic carbocycles. The van der Waals surface area contributed by atoms with Crippen molar-refractivity contribution in [3.63, 3.8) is 0 Å². The fraction of sp³-hybridized carbons (Fsp3) is 0.833. The molecule has 2 N–H and O–H groups in total. The summed E-state index contributed by atoms with van der Waals surface area (Å²) in [4.78, 5) is 6.55. The fourth-order valence-corrected chi connectivity index (χ4v) is 2.78. The molecule has 1 fully saturated rings. The molecule has 2 unspecified atom stereocenters. The highest BCUT2D eigenvalue weighted by Crippen LogP contribution is 2.27. The molecule has 1 heterocycles. The number of hydrogen-bond donors (Lipinski definition) is 1. The second-order valence-corrected chi connectivity index (χ2v) is 5.00. The van der Waals surface area contributed by atoms with Gasteiger partial charge >= 0.3 is 0 Å². The van der Waals surface area contributed by atoms with Gasteiger partial charge in [0.15, 0.2) is 5.82 Å². The van der Waals surface area contributed by atoms with Crippen molar-refractivity contribution < 1.29 is 4.52 Å². The van der Waals surface area contributed by atoms with Crippen LogP contribution in [0.5, 0.6) is 0 Å². The van der Waals surface area contributed by atoms with Gasteiger partial charge in [0.25, 0.3) is 0 Å². The van der Waals surface area contributed by atoms with E-state index in [1.54, 1.807) is 0 Å². The second-order valence-electron chi connectivity index (χ2n) is 5.00. The van der Waals surface area contributed by atoms with E-state index in [0.717, 1.165) is 13.1 Å². The van der Waals surface area contributed by atoms with Crippen molar-refractivity contribution in [1.29, 1.82) is 0 Å². The standard InChI is InChI=1S/C12H22N4O/c1-9-14-12(17-15-9)8-16(2)11-6-4-3-5-10(11)7-13/h10-11H,3-8,13H2,1-2H3. The molecule has 1 saturated carbocycles. The van der Waals surface area contributed by atoms with Crippen molar-refractivity contribution in [2.24, 2.45) is 11.7 Å². The number of hydrogen-bond acceptors (Lipinski definition) is 5. The van der Waals surface area contributed by atoms with Gasteiger partial charge in [-0.05, 0) is 39.3 Å². The predicted molar refractivity (Wildman–Crippen MR) is 65.3 cm³/mol. The second kappa shape index (κ2) is 5.60. The van der Waals surface area contributed by atoms with Gasteiger partial charge in [0.2, 0.25) is 5.89 Å². The molecule has 1 aromatic heterocycles. The molecule has 2 atom stereocenters. The SMILES string of the molecule is Cc1noc(CN(C)C2CCCCC2CN)n1. The third kappa shape index (κ3) is 3.04. The lowest BCUT2D eigenvalue weighted by molar-refractivity contribution is 0.115. The minimum absolute atomic E-state index is 0.556. The Morgan fingerprint density at radius 3 is 2.82 bits per heavy atom. The van der Waals surface area contributed by atoms with Gasteiger partial charge in [-0.1, -0.05) is 18.0 Å². The molecule has 5 heteroatoms. The van der Waals surface area contributed by atoms with E-state index in [9.17, 15) is 0 Å². The fourth-order valence-electron chi connectivity index (χ4n) is 2.78. The lowest BCUT2D eigenvalue weighted by atomic mass is 9.84. The van der Waals surface area contributed by atoms with Gasteiger partial charge in [-0.3, -0.25) is 4.90 Å². The van der Waals surface area contributed by atoms with Gasteiger partial charge in [0.1, 0.15) is 0 Å². The zero-order valence-corrected chi connectivity index (χ0v) is 10.7. The van der Waals surface area contributed by atoms with Crippen molar-refractivity contribution in [3.8, 4) is 0 Å². The van der Waals surface area contributed by atoms with Crippen LogP contribution in [0.3, 0.4) is 0 Å². The molecule has 5 nitrogen and oxygen atoms in total. The average Bonchev–Trinajstić information content (AvgIpc) is 2.74. The smallest absolute Gasteiger partial charge is 0.240 e. The van der Waals surface area contributed by atoms with E-state index in [1.165, 1.54) is 25.7 Å². The van der Waals surface area contributed by atoms with Gasteiger partial charge < -0.3 is 10.3 Å². The molecule has 0 radical (unpaired) electrons. The van der Waals surface area contributed by atoms with Crippen molar-refractivity contribution in [1.82, 2.24) is 15.0 Å². The molecule has 0 aromatic carbocycles. The number of nitrogens with two attached hydrogens (primary N) is 1. The molecule has 1 aliphatic rings. The summed E-state index contributed by atoms with van der Waals surface area (Å²) in [6.07, 6.45) is 5.08. The summed E-state index contributed by atoms with van der Waals surface area (Å²) < 4.78 is 5.16. The Bertz CT molecular complexity index is 352. The molecule has 1 aromatic rings. The summed E-state index contributed by atoms with van der Waals surface area (Å²) in [6.45, 7) is 3.34. The Morgan fingerprint density at radius 1 is 1.41 bits per heavy atom. The highest BCUT2D eigenvalue weighted by atomic mass is 16.5. The molecule has 0 aliphatic heterocycles. The van der Waals surface area contributed by atoms with Crippen molar-refractivity contribution in [2.75, 3.05) is 13.6 Å². The van der Waals surface area contributed by atoms with E-state index < -0.39 is 0 Å². The molecular formula is C12H22N4O. The predicted octanol–water partition coefficient (Wildman–Crippen LogP) is 1.33. The monoisotopic (exact) mass is 238 g/mol. The van der Waals surface area contributed by atoms with Crippen LogP contribution in [0.4, 0.5) is 0 Å². The minimum atomic E-state index is 0.556. The van der Waals surface area contributed by atoms with Crippen LogP contribution in [0.2, 0.25) is 0 Å². The summed E-state index contributed by atoms with van der Waals surface area (Å²) in [5.74, 6) is 2.01. The van der Waals surface area contributed by atoms with E-state index in [4.69, 9.17) is 10.3 Å². The lowest BCUT2D eigenvalue weighted by Crippen LogP contribution is -2.42. The summed E-state index contributed by atoms with van der Waals surface area (Å²) >= 11 is 0. The van der Waals surface area contributed by atoms with Crippen LogP contribution in [0, 0.1) is 12.8 Å². The van der Waals surface area contributed by atoms with E-state index in [2.05, 4.69) is 22.1 Å². The number of aromatic nitrogens is 2. The van der Waals surface area contributed by atoms with E-state index >= 15 is 0 Å². The van der Waals surface area contributed by atoms with Crippen LogP contribution in [0.15, 0.2) is 4.52 Å². The third-order valence-electron chi connectivity index (χ3n) is 3.69. The first-order valence-electron chi connectivity index (χ1n) is 6.40. The molecule has 0 amide bonds. The number of nitrogens with zero attached hydrogens (tertiary/aromatic N) is 3. The van der Waals surface area contributed by atoms with Crippen LogP contribution in [-0.4, -0.2) is 34.7 Å². The van der Waals surface area contributed by atoms with Gasteiger partial charge in [-0.15, -0.1) is 0 Å². The van der Waals surface area contributed by atoms with Crippen LogP contribution in [0.25, 0.3) is 0 Å². The summed E-state index contributed by atoms with van der Waals surface area (Å²) in [6, 6.07) is 0.556. The number of aryl methyl sites for hydroxylation is 1. The van der Waals surface area contributed by atoms with E-state index in [0.29, 0.717) is 23.7 Å². The molecule has 96 valence electrons. The van der Waals surface area contributed by atoms with Crippen molar-refractivity contribution in [3.05, 3.63) is 11.7 Å². The quantitative estimate of drug-likeness (QED) is 0.857. The minimum Gasteiger partial charge on any atom is -0.338 e. The van der Waals surface area contributed by atoms with Gasteiger partial charge in [0, 0.05) is 6.04 Å². The van der Waals surface area contributed by atoms with Gasteiger partial charge in [-0.25, -0.2) is 0 Å². The summed E-state index contributed by atoms with van der Waals surface area (Å²) in [7, 11) is 2.12. The Labute approximate surface area is 102 Å². The lowest BCUT2D eigenvalue weighted by Gasteiger charge is -2.36. The third-order valence-corrected chi connectivity index (χ3v) is 3.69. The Morgan fingerprint density at radius 2 is 2.18 bits per heavy atom. The Hall–Kier alpha value is -0.940. The molecule has 17 heavy (non-hydrogen) atoms. The first kappa shape index (κ1) is 12.5. The first-order valence-corrected chi connectivity index (χ1v) is 6.40.